The molecule has 0 N–H and O–H groups in total. The molecule has 23 heavy (non-hydrogen) atoms. The molecule has 0 aliphatic heterocycles. The van der Waals surface area contributed by atoms with E-state index in [2.05, 4.69) is 48.5 Å². The van der Waals surface area contributed by atoms with Crippen LogP contribution in [0.3, 0.4) is 0 Å². The normalized spacial score (nSPS) is 11.2. The minimum absolute atomic E-state index is 0.797. The minimum atomic E-state index is 0.797. The summed E-state index contributed by atoms with van der Waals surface area (Å²) < 4.78 is 0. The predicted octanol–water partition coefficient (Wildman–Crippen LogP) is 6.89. The molecule has 0 spiro atoms. The van der Waals surface area contributed by atoms with Gasteiger partial charge in [0.05, 0.1) is 0 Å². The predicted molar refractivity (Wildman–Crippen MR) is 101 cm³/mol. The molecule has 4 rings (SSSR count). The fourth-order valence-corrected chi connectivity index (χ4v) is 3.62. The Morgan fingerprint density at radius 1 is 0.478 bits per heavy atom. The van der Waals surface area contributed by atoms with Gasteiger partial charge in [0, 0.05) is 20.8 Å². The van der Waals surface area contributed by atoms with Crippen LogP contribution in [0.25, 0.3) is 21.5 Å². The lowest BCUT2D eigenvalue weighted by molar-refractivity contribution is 1.24. The first-order valence-corrected chi connectivity index (χ1v) is 8.32. The summed E-state index contributed by atoms with van der Waals surface area (Å²) in [5, 5.41) is 6.21. The number of benzene rings is 4. The highest BCUT2D eigenvalue weighted by Gasteiger charge is 2.09. The molecule has 4 aromatic carbocycles. The van der Waals surface area contributed by atoms with Gasteiger partial charge in [0.15, 0.2) is 0 Å². The van der Waals surface area contributed by atoms with Gasteiger partial charge in [0.2, 0.25) is 0 Å². The lowest BCUT2D eigenvalue weighted by Crippen LogP contribution is -1.92. The van der Waals surface area contributed by atoms with E-state index in [0.29, 0.717) is 0 Å². The van der Waals surface area contributed by atoms with Gasteiger partial charge in [0.1, 0.15) is 0 Å². The molecule has 0 aliphatic rings. The van der Waals surface area contributed by atoms with Gasteiger partial charge in [-0.15, -0.1) is 0 Å². The topological polar surface area (TPSA) is 0 Å². The van der Waals surface area contributed by atoms with Crippen molar-refractivity contribution in [1.29, 1.82) is 0 Å². The molecule has 0 aliphatic carbocycles. The molecule has 0 heterocycles. The van der Waals surface area contributed by atoms with Crippen molar-refractivity contribution in [1.82, 2.24) is 0 Å². The Morgan fingerprint density at radius 2 is 0.870 bits per heavy atom. The van der Waals surface area contributed by atoms with Crippen molar-refractivity contribution in [2.45, 2.75) is 6.42 Å². The first kappa shape index (κ1) is 14.6. The molecule has 0 aromatic heterocycles. The molecule has 0 radical (unpaired) electrons. The summed E-state index contributed by atoms with van der Waals surface area (Å²) in [7, 11) is 0. The van der Waals surface area contributed by atoms with Crippen LogP contribution in [0.2, 0.25) is 10.0 Å². The Bertz CT molecular complexity index is 935. The van der Waals surface area contributed by atoms with Gasteiger partial charge in [-0.1, -0.05) is 83.9 Å². The van der Waals surface area contributed by atoms with Gasteiger partial charge in [-0.25, -0.2) is 0 Å². The van der Waals surface area contributed by atoms with Crippen molar-refractivity contribution in [3.05, 3.63) is 94.0 Å². The molecule has 0 atom stereocenters. The third-order valence-corrected chi connectivity index (χ3v) is 4.96. The molecule has 0 nitrogen and oxygen atoms in total. The van der Waals surface area contributed by atoms with Crippen molar-refractivity contribution in [2.75, 3.05) is 0 Å². The third kappa shape index (κ3) is 2.59. The van der Waals surface area contributed by atoms with E-state index in [0.717, 1.165) is 27.2 Å². The highest BCUT2D eigenvalue weighted by Crippen LogP contribution is 2.31. The van der Waals surface area contributed by atoms with E-state index in [4.69, 9.17) is 23.2 Å². The summed E-state index contributed by atoms with van der Waals surface area (Å²) in [4.78, 5) is 0. The van der Waals surface area contributed by atoms with E-state index in [1.807, 2.05) is 24.3 Å². The van der Waals surface area contributed by atoms with Gasteiger partial charge >= 0.3 is 0 Å². The summed E-state index contributed by atoms with van der Waals surface area (Å²) in [5.74, 6) is 0. The van der Waals surface area contributed by atoms with Crippen molar-refractivity contribution < 1.29 is 0 Å². The average Bonchev–Trinajstić information content (AvgIpc) is 2.60. The monoisotopic (exact) mass is 336 g/mol. The molecule has 0 saturated carbocycles. The highest BCUT2D eigenvalue weighted by molar-refractivity contribution is 6.36. The maximum Gasteiger partial charge on any atom is 0.0484 e. The van der Waals surface area contributed by atoms with Gasteiger partial charge in [-0.2, -0.15) is 0 Å². The molecule has 0 unspecified atom stereocenters. The van der Waals surface area contributed by atoms with Crippen LogP contribution in [-0.2, 0) is 6.42 Å². The van der Waals surface area contributed by atoms with Gasteiger partial charge in [0.25, 0.3) is 0 Å². The van der Waals surface area contributed by atoms with Crippen LogP contribution in [0, 0.1) is 0 Å². The van der Waals surface area contributed by atoms with Crippen LogP contribution < -0.4 is 0 Å². The summed E-state index contributed by atoms with van der Waals surface area (Å²) in [5.41, 5.74) is 2.55. The maximum atomic E-state index is 6.33. The Kier molecular flexibility index (Phi) is 3.72. The summed E-state index contributed by atoms with van der Waals surface area (Å²) in [6.07, 6.45) is 0.857. The van der Waals surface area contributed by atoms with Crippen molar-refractivity contribution in [3.63, 3.8) is 0 Å². The van der Waals surface area contributed by atoms with Gasteiger partial charge in [-0.05, 0) is 40.5 Å². The molecular formula is C21H14Cl2. The molecule has 112 valence electrons. The van der Waals surface area contributed by atoms with Crippen molar-refractivity contribution in [3.8, 4) is 0 Å². The SMILES string of the molecule is Clc1ccc(Cc2ccc(Cl)c3ccccc23)c2ccccc12. The first-order chi connectivity index (χ1) is 11.2. The third-order valence-electron chi connectivity index (χ3n) is 4.30. The van der Waals surface area contributed by atoms with E-state index < -0.39 is 0 Å². The maximum absolute atomic E-state index is 6.33. The van der Waals surface area contributed by atoms with E-state index in [1.54, 1.807) is 0 Å². The van der Waals surface area contributed by atoms with E-state index in [-0.39, 0.29) is 0 Å². The fourth-order valence-electron chi connectivity index (χ4n) is 3.16. The summed E-state index contributed by atoms with van der Waals surface area (Å²) >= 11 is 12.7. The van der Waals surface area contributed by atoms with Crippen LogP contribution >= 0.6 is 23.2 Å². The molecule has 0 saturated heterocycles. The quantitative estimate of drug-likeness (QED) is 0.373. The second-order valence-electron chi connectivity index (χ2n) is 5.68. The fraction of sp³-hybridized carbons (Fsp3) is 0.0476. The van der Waals surface area contributed by atoms with Gasteiger partial charge < -0.3 is 0 Å². The van der Waals surface area contributed by atoms with E-state index >= 15 is 0 Å². The lowest BCUT2D eigenvalue weighted by atomic mass is 9.95. The summed E-state index contributed by atoms with van der Waals surface area (Å²) in [6, 6.07) is 24.8. The molecular weight excluding hydrogens is 323 g/mol. The summed E-state index contributed by atoms with van der Waals surface area (Å²) in [6.45, 7) is 0. The lowest BCUT2D eigenvalue weighted by Gasteiger charge is -2.11. The van der Waals surface area contributed by atoms with Crippen molar-refractivity contribution >= 4 is 44.7 Å². The van der Waals surface area contributed by atoms with Crippen molar-refractivity contribution in [2.24, 2.45) is 0 Å². The Labute approximate surface area is 145 Å². The number of halogens is 2. The molecule has 2 heteroatoms. The van der Waals surface area contributed by atoms with Crippen LogP contribution in [0.1, 0.15) is 11.1 Å². The zero-order valence-electron chi connectivity index (χ0n) is 12.4. The van der Waals surface area contributed by atoms with Crippen LogP contribution in [0.4, 0.5) is 0 Å². The second-order valence-corrected chi connectivity index (χ2v) is 6.50. The number of fused-ring (bicyclic) bond motifs is 2. The zero-order chi connectivity index (χ0) is 15.8. The van der Waals surface area contributed by atoms with Crippen LogP contribution in [0.5, 0.6) is 0 Å². The van der Waals surface area contributed by atoms with E-state index in [9.17, 15) is 0 Å². The van der Waals surface area contributed by atoms with Crippen LogP contribution in [-0.4, -0.2) is 0 Å². The zero-order valence-corrected chi connectivity index (χ0v) is 13.9. The molecule has 0 amide bonds. The number of hydrogen-bond acceptors (Lipinski definition) is 0. The first-order valence-electron chi connectivity index (χ1n) is 7.56. The van der Waals surface area contributed by atoms with E-state index in [1.165, 1.54) is 21.9 Å². The Balaban J connectivity index is 1.89. The average molecular weight is 337 g/mol. The highest BCUT2D eigenvalue weighted by atomic mass is 35.5. The van der Waals surface area contributed by atoms with Gasteiger partial charge in [-0.3, -0.25) is 0 Å². The minimum Gasteiger partial charge on any atom is -0.0837 e. The number of hydrogen-bond donors (Lipinski definition) is 0. The molecule has 0 fully saturated rings. The Hall–Kier alpha value is -2.02. The number of rotatable bonds is 2. The second kappa shape index (κ2) is 5.88. The largest absolute Gasteiger partial charge is 0.0837 e. The van der Waals surface area contributed by atoms with Crippen LogP contribution in [0.15, 0.2) is 72.8 Å². The molecule has 0 bridgehead atoms. The smallest absolute Gasteiger partial charge is 0.0484 e. The molecule has 4 aromatic rings. The standard InChI is InChI=1S/C21H14Cl2/c22-20-11-9-14(16-5-1-3-7-18(16)20)13-15-10-12-21(23)19-8-4-2-6-17(15)19/h1-12H,13H2. The Morgan fingerprint density at radius 3 is 1.30 bits per heavy atom.